The number of hydrogen-bond acceptors (Lipinski definition) is 8. The average molecular weight is 488 g/mol. The van der Waals surface area contributed by atoms with Gasteiger partial charge >= 0.3 is 0 Å². The van der Waals surface area contributed by atoms with Gasteiger partial charge in [0.25, 0.3) is 0 Å². The van der Waals surface area contributed by atoms with E-state index in [-0.39, 0.29) is 6.23 Å². The van der Waals surface area contributed by atoms with Crippen molar-refractivity contribution in [3.8, 4) is 22.4 Å². The lowest BCUT2D eigenvalue weighted by atomic mass is 10.0. The molecular formula is C26H29N7OS. The minimum absolute atomic E-state index is 0.0348. The summed E-state index contributed by atoms with van der Waals surface area (Å²) in [5.74, 6) is 2.49. The lowest BCUT2D eigenvalue weighted by Crippen LogP contribution is -2.27. The Morgan fingerprint density at radius 3 is 2.60 bits per heavy atom. The van der Waals surface area contributed by atoms with E-state index in [4.69, 9.17) is 9.72 Å². The molecule has 3 aromatic heterocycles. The lowest BCUT2D eigenvalue weighted by Gasteiger charge is -2.22. The zero-order valence-corrected chi connectivity index (χ0v) is 20.7. The average Bonchev–Trinajstić information content (AvgIpc) is 3.68. The second-order valence-corrected chi connectivity index (χ2v) is 11.0. The van der Waals surface area contributed by atoms with E-state index >= 15 is 0 Å². The largest absolute Gasteiger partial charge is 0.357 e. The molecular weight excluding hydrogens is 458 g/mol. The van der Waals surface area contributed by atoms with Crippen molar-refractivity contribution in [2.75, 3.05) is 44.7 Å². The van der Waals surface area contributed by atoms with Crippen LogP contribution in [0.1, 0.15) is 25.5 Å². The maximum Gasteiger partial charge on any atom is 0.151 e. The van der Waals surface area contributed by atoms with Gasteiger partial charge in [-0.05, 0) is 50.3 Å². The second kappa shape index (κ2) is 8.65. The Balaban J connectivity index is 1.15. The van der Waals surface area contributed by atoms with Gasteiger partial charge in [0.1, 0.15) is 6.23 Å². The number of rotatable bonds is 4. The van der Waals surface area contributed by atoms with Crippen LogP contribution in [0.3, 0.4) is 0 Å². The van der Waals surface area contributed by atoms with Crippen LogP contribution in [-0.4, -0.2) is 69.7 Å². The Morgan fingerprint density at radius 1 is 0.971 bits per heavy atom. The Labute approximate surface area is 208 Å². The van der Waals surface area contributed by atoms with E-state index in [0.29, 0.717) is 0 Å². The van der Waals surface area contributed by atoms with E-state index in [0.717, 1.165) is 82.8 Å². The van der Waals surface area contributed by atoms with Crippen molar-refractivity contribution >= 4 is 27.4 Å². The van der Waals surface area contributed by atoms with Crippen LogP contribution in [0.5, 0.6) is 0 Å². The molecule has 0 amide bonds. The van der Waals surface area contributed by atoms with Gasteiger partial charge in [-0.1, -0.05) is 12.1 Å². The van der Waals surface area contributed by atoms with Crippen LogP contribution in [0.25, 0.3) is 32.6 Å². The molecule has 0 N–H and O–H groups in total. The first-order valence-corrected chi connectivity index (χ1v) is 13.4. The summed E-state index contributed by atoms with van der Waals surface area (Å²) in [5, 5.41) is 13.9. The van der Waals surface area contributed by atoms with Crippen molar-refractivity contribution < 1.29 is 4.74 Å². The fourth-order valence-electron chi connectivity index (χ4n) is 6.00. The van der Waals surface area contributed by atoms with E-state index in [1.54, 1.807) is 11.3 Å². The number of fused-ring (bicyclic) bond motifs is 2. The van der Waals surface area contributed by atoms with Gasteiger partial charge in [0, 0.05) is 55.7 Å². The molecule has 9 heteroatoms. The molecule has 1 aromatic carbocycles. The normalized spacial score (nSPS) is 24.9. The fraction of sp³-hybridized carbons (Fsp3) is 0.462. The van der Waals surface area contributed by atoms with E-state index in [9.17, 15) is 0 Å². The summed E-state index contributed by atoms with van der Waals surface area (Å²) in [5.41, 5.74) is 7.01. The topological polar surface area (TPSA) is 72.2 Å². The van der Waals surface area contributed by atoms with Crippen LogP contribution >= 0.6 is 11.3 Å². The van der Waals surface area contributed by atoms with Gasteiger partial charge in [-0.15, -0.1) is 21.5 Å². The second-order valence-electron chi connectivity index (χ2n) is 10.1. The zero-order valence-electron chi connectivity index (χ0n) is 19.9. The van der Waals surface area contributed by atoms with Crippen molar-refractivity contribution in [2.24, 2.45) is 11.8 Å². The summed E-state index contributed by atoms with van der Waals surface area (Å²) in [7, 11) is 2.22. The third kappa shape index (κ3) is 3.82. The number of nitrogens with zero attached hydrogens (tertiary/aromatic N) is 7. The quantitative estimate of drug-likeness (QED) is 0.425. The molecule has 3 fully saturated rings. The minimum atomic E-state index is 0.0348. The molecule has 0 radical (unpaired) electrons. The molecule has 3 saturated heterocycles. The summed E-state index contributed by atoms with van der Waals surface area (Å²) < 4.78 is 8.98. The summed E-state index contributed by atoms with van der Waals surface area (Å²) in [6.45, 7) is 5.34. The minimum Gasteiger partial charge on any atom is -0.357 e. The fourth-order valence-corrected chi connectivity index (χ4v) is 6.84. The highest BCUT2D eigenvalue weighted by Crippen LogP contribution is 2.38. The first kappa shape index (κ1) is 21.4. The van der Waals surface area contributed by atoms with Crippen LogP contribution in [0, 0.1) is 11.8 Å². The van der Waals surface area contributed by atoms with Gasteiger partial charge in [0.2, 0.25) is 0 Å². The van der Waals surface area contributed by atoms with E-state index < -0.39 is 0 Å². The summed E-state index contributed by atoms with van der Waals surface area (Å²) in [4.78, 5) is 9.56. The third-order valence-electron chi connectivity index (χ3n) is 7.77. The molecule has 6 heterocycles. The Morgan fingerprint density at radius 2 is 1.83 bits per heavy atom. The van der Waals surface area contributed by atoms with Crippen molar-refractivity contribution in [3.63, 3.8) is 0 Å². The first-order chi connectivity index (χ1) is 17.2. The summed E-state index contributed by atoms with van der Waals surface area (Å²) in [6, 6.07) is 8.51. The van der Waals surface area contributed by atoms with Crippen LogP contribution in [0.15, 0.2) is 42.2 Å². The molecule has 0 aliphatic carbocycles. The summed E-state index contributed by atoms with van der Waals surface area (Å²) >= 11 is 1.65. The molecule has 7 rings (SSSR count). The Hall–Kier alpha value is -2.88. The molecule has 4 aromatic rings. The SMILES string of the molecule is CN1C[C@@H]2CN(c3ccc(-c4ccc(-c5cnn(C6CCCCO6)c5)c5ncsc45)nn3)C[C@@H]2C1. The number of anilines is 1. The molecule has 180 valence electrons. The zero-order chi connectivity index (χ0) is 23.4. The number of benzene rings is 1. The smallest absolute Gasteiger partial charge is 0.151 e. The Kier molecular flexibility index (Phi) is 5.29. The van der Waals surface area contributed by atoms with Crippen LogP contribution < -0.4 is 4.90 Å². The molecule has 3 aliphatic rings. The molecule has 3 atom stereocenters. The highest BCUT2D eigenvalue weighted by atomic mass is 32.1. The van der Waals surface area contributed by atoms with Crippen molar-refractivity contribution in [1.29, 1.82) is 0 Å². The van der Waals surface area contributed by atoms with Gasteiger partial charge < -0.3 is 14.5 Å². The first-order valence-electron chi connectivity index (χ1n) is 12.5. The maximum atomic E-state index is 5.90. The predicted octanol–water partition coefficient (Wildman–Crippen LogP) is 4.31. The number of ether oxygens (including phenoxy) is 1. The van der Waals surface area contributed by atoms with Crippen molar-refractivity contribution in [3.05, 3.63) is 42.2 Å². The van der Waals surface area contributed by atoms with Gasteiger partial charge in [-0.25, -0.2) is 9.67 Å². The number of thiazole rings is 1. The molecule has 0 spiro atoms. The molecule has 35 heavy (non-hydrogen) atoms. The molecule has 0 bridgehead atoms. The van der Waals surface area contributed by atoms with E-state index in [2.05, 4.69) is 62.6 Å². The monoisotopic (exact) mass is 487 g/mol. The van der Waals surface area contributed by atoms with E-state index in [1.165, 1.54) is 19.5 Å². The van der Waals surface area contributed by atoms with Crippen LogP contribution in [-0.2, 0) is 4.74 Å². The molecule has 8 nitrogen and oxygen atoms in total. The number of hydrogen-bond donors (Lipinski definition) is 0. The van der Waals surface area contributed by atoms with Gasteiger partial charge in [-0.2, -0.15) is 5.10 Å². The Bertz CT molecular complexity index is 1330. The van der Waals surface area contributed by atoms with Gasteiger partial charge in [0.05, 0.1) is 27.6 Å². The van der Waals surface area contributed by atoms with Crippen LogP contribution in [0.2, 0.25) is 0 Å². The van der Waals surface area contributed by atoms with Crippen LogP contribution in [0.4, 0.5) is 5.82 Å². The number of aromatic nitrogens is 5. The predicted molar refractivity (Wildman–Crippen MR) is 137 cm³/mol. The summed E-state index contributed by atoms with van der Waals surface area (Å²) in [6.07, 6.45) is 7.36. The third-order valence-corrected chi connectivity index (χ3v) is 8.63. The highest BCUT2D eigenvalue weighted by Gasteiger charge is 2.39. The lowest BCUT2D eigenvalue weighted by molar-refractivity contribution is -0.0394. The van der Waals surface area contributed by atoms with Gasteiger partial charge in [0.15, 0.2) is 5.82 Å². The van der Waals surface area contributed by atoms with Crippen molar-refractivity contribution in [1.82, 2.24) is 29.9 Å². The maximum absolute atomic E-state index is 5.90. The highest BCUT2D eigenvalue weighted by molar-refractivity contribution is 7.17. The molecule has 0 saturated carbocycles. The molecule has 1 unspecified atom stereocenters. The standard InChI is InChI=1S/C26H29N7OS/c1-31-11-18-13-32(14-19(18)12-31)23-8-7-22(29-30-23)21-6-5-20(25-26(21)35-16-27-25)17-10-28-33(15-17)24-4-2-3-9-34-24/h5-8,10,15-16,18-19,24H,2-4,9,11-14H2,1H3/t18-,19+,24?. The molecule has 3 aliphatic heterocycles. The van der Waals surface area contributed by atoms with Gasteiger partial charge in [-0.3, -0.25) is 0 Å². The van der Waals surface area contributed by atoms with E-state index in [1.807, 2.05) is 16.4 Å². The van der Waals surface area contributed by atoms with Crippen molar-refractivity contribution in [2.45, 2.75) is 25.5 Å². The number of likely N-dealkylation sites (tertiary alicyclic amines) is 1.